The van der Waals surface area contributed by atoms with Crippen LogP contribution in [-0.4, -0.2) is 45.2 Å². The fraction of sp³-hybridized carbons (Fsp3) is 0.316. The van der Waals surface area contributed by atoms with E-state index >= 15 is 0 Å². The number of anilines is 2. The molecule has 1 saturated heterocycles. The molecule has 0 atom stereocenters. The highest BCUT2D eigenvalue weighted by molar-refractivity contribution is 9.10. The Hall–Kier alpha value is -2.81. The van der Waals surface area contributed by atoms with Crippen LogP contribution in [0.5, 0.6) is 0 Å². The van der Waals surface area contributed by atoms with E-state index in [0.29, 0.717) is 24.7 Å². The van der Waals surface area contributed by atoms with Gasteiger partial charge in [-0.2, -0.15) is 9.61 Å². The summed E-state index contributed by atoms with van der Waals surface area (Å²) in [7, 11) is 0. The number of nitrogens with one attached hydrogen (secondary N) is 1. The Balaban J connectivity index is 1.58. The highest BCUT2D eigenvalue weighted by atomic mass is 79.9. The van der Waals surface area contributed by atoms with Gasteiger partial charge in [0.05, 0.1) is 16.4 Å². The molecular weight excluding hydrogens is 422 g/mol. The predicted octanol–water partition coefficient (Wildman–Crippen LogP) is 2.94. The van der Waals surface area contributed by atoms with Crippen LogP contribution in [0.3, 0.4) is 0 Å². The van der Waals surface area contributed by atoms with Crippen molar-refractivity contribution in [1.29, 1.82) is 0 Å². The zero-order valence-electron chi connectivity index (χ0n) is 15.3. The van der Waals surface area contributed by atoms with Gasteiger partial charge in [0, 0.05) is 37.0 Å². The van der Waals surface area contributed by atoms with Crippen LogP contribution >= 0.6 is 15.9 Å². The van der Waals surface area contributed by atoms with E-state index in [1.165, 1.54) is 0 Å². The zero-order valence-corrected chi connectivity index (χ0v) is 16.9. The van der Waals surface area contributed by atoms with Crippen molar-refractivity contribution in [2.75, 3.05) is 30.7 Å². The second kappa shape index (κ2) is 7.67. The van der Waals surface area contributed by atoms with E-state index in [9.17, 15) is 4.79 Å². The van der Waals surface area contributed by atoms with Gasteiger partial charge in [0.2, 0.25) is 0 Å². The van der Waals surface area contributed by atoms with Crippen molar-refractivity contribution < 1.29 is 4.79 Å². The lowest BCUT2D eigenvalue weighted by Gasteiger charge is -2.31. The standard InChI is InChI=1S/C19H22BrN7O/c20-14-11-24-27-17(23-10-12-5-7-26(8-6-12)19(22)28)9-16(25-18(14)27)13-3-1-2-4-15(13)21/h1-4,9,11-12,23H,5-8,10,21H2,(H2,22,28). The van der Waals surface area contributed by atoms with Gasteiger partial charge in [0.1, 0.15) is 5.82 Å². The Bertz CT molecular complexity index is 1010. The fourth-order valence-electron chi connectivity index (χ4n) is 3.54. The Morgan fingerprint density at radius 1 is 1.29 bits per heavy atom. The molecule has 1 aromatic carbocycles. The summed E-state index contributed by atoms with van der Waals surface area (Å²) in [5.41, 5.74) is 14.6. The van der Waals surface area contributed by atoms with E-state index in [1.54, 1.807) is 15.6 Å². The van der Waals surface area contributed by atoms with E-state index in [4.69, 9.17) is 16.5 Å². The van der Waals surface area contributed by atoms with E-state index in [2.05, 4.69) is 26.3 Å². The first-order valence-electron chi connectivity index (χ1n) is 9.20. The smallest absolute Gasteiger partial charge is 0.314 e. The van der Waals surface area contributed by atoms with Crippen molar-refractivity contribution >= 4 is 39.1 Å². The Kier molecular flexibility index (Phi) is 5.08. The number of likely N-dealkylation sites (tertiary alicyclic amines) is 1. The number of hydrogen-bond donors (Lipinski definition) is 3. The van der Waals surface area contributed by atoms with Gasteiger partial charge < -0.3 is 21.7 Å². The minimum Gasteiger partial charge on any atom is -0.398 e. The third-order valence-corrected chi connectivity index (χ3v) is 5.72. The van der Waals surface area contributed by atoms with Gasteiger partial charge in [-0.05, 0) is 40.8 Å². The molecule has 5 N–H and O–H groups in total. The average Bonchev–Trinajstić information content (AvgIpc) is 3.08. The monoisotopic (exact) mass is 443 g/mol. The molecule has 1 aliphatic rings. The summed E-state index contributed by atoms with van der Waals surface area (Å²) in [6.45, 7) is 2.19. The highest BCUT2D eigenvalue weighted by Crippen LogP contribution is 2.29. The van der Waals surface area contributed by atoms with Gasteiger partial charge in [-0.3, -0.25) is 0 Å². The molecule has 0 saturated carbocycles. The van der Waals surface area contributed by atoms with Gasteiger partial charge in [-0.25, -0.2) is 9.78 Å². The summed E-state index contributed by atoms with van der Waals surface area (Å²) < 4.78 is 2.60. The molecule has 2 aromatic heterocycles. The minimum atomic E-state index is -0.339. The van der Waals surface area contributed by atoms with E-state index in [1.807, 2.05) is 30.3 Å². The van der Waals surface area contributed by atoms with E-state index in [0.717, 1.165) is 46.6 Å². The fourth-order valence-corrected chi connectivity index (χ4v) is 3.88. The van der Waals surface area contributed by atoms with Crippen LogP contribution in [0.4, 0.5) is 16.3 Å². The number of benzene rings is 1. The van der Waals surface area contributed by atoms with Crippen LogP contribution in [0.25, 0.3) is 16.9 Å². The van der Waals surface area contributed by atoms with Gasteiger partial charge in [-0.15, -0.1) is 0 Å². The number of primary amides is 1. The number of carbonyl (C=O) groups excluding carboxylic acids is 1. The van der Waals surface area contributed by atoms with Crippen molar-refractivity contribution in [2.24, 2.45) is 11.7 Å². The molecule has 1 fully saturated rings. The number of carbonyl (C=O) groups is 1. The number of piperidine rings is 1. The molecule has 1 aliphatic heterocycles. The Morgan fingerprint density at radius 2 is 2.04 bits per heavy atom. The Labute approximate surface area is 171 Å². The maximum Gasteiger partial charge on any atom is 0.314 e. The van der Waals surface area contributed by atoms with Gasteiger partial charge in [0.25, 0.3) is 0 Å². The van der Waals surface area contributed by atoms with Crippen molar-refractivity contribution in [3.8, 4) is 11.3 Å². The first-order valence-corrected chi connectivity index (χ1v) is 9.99. The molecule has 8 nitrogen and oxygen atoms in total. The third-order valence-electron chi connectivity index (χ3n) is 5.16. The summed E-state index contributed by atoms with van der Waals surface area (Å²) >= 11 is 3.52. The van der Waals surface area contributed by atoms with Crippen LogP contribution in [0.2, 0.25) is 0 Å². The summed E-state index contributed by atoms with van der Waals surface area (Å²) in [5.74, 6) is 1.31. The molecule has 146 valence electrons. The molecule has 3 heterocycles. The number of para-hydroxylation sites is 1. The zero-order chi connectivity index (χ0) is 19.7. The molecule has 0 unspecified atom stereocenters. The predicted molar refractivity (Wildman–Crippen MR) is 113 cm³/mol. The number of nitrogens with two attached hydrogens (primary N) is 2. The van der Waals surface area contributed by atoms with Crippen LogP contribution in [0.15, 0.2) is 41.0 Å². The van der Waals surface area contributed by atoms with Gasteiger partial charge >= 0.3 is 6.03 Å². The molecule has 0 spiro atoms. The molecule has 2 amide bonds. The number of urea groups is 1. The normalized spacial score (nSPS) is 15.1. The van der Waals surface area contributed by atoms with Crippen molar-refractivity contribution in [2.45, 2.75) is 12.8 Å². The summed E-state index contributed by atoms with van der Waals surface area (Å²) in [6, 6.07) is 9.31. The van der Waals surface area contributed by atoms with Crippen molar-refractivity contribution in [3.63, 3.8) is 0 Å². The molecule has 28 heavy (non-hydrogen) atoms. The number of hydrogen-bond acceptors (Lipinski definition) is 5. The molecule has 3 aromatic rings. The lowest BCUT2D eigenvalue weighted by atomic mass is 9.97. The molecule has 9 heteroatoms. The van der Waals surface area contributed by atoms with Crippen LogP contribution in [0, 0.1) is 5.92 Å². The summed E-state index contributed by atoms with van der Waals surface area (Å²) in [4.78, 5) is 17.7. The highest BCUT2D eigenvalue weighted by Gasteiger charge is 2.21. The van der Waals surface area contributed by atoms with E-state index in [-0.39, 0.29) is 6.03 Å². The minimum absolute atomic E-state index is 0.339. The van der Waals surface area contributed by atoms with Gasteiger partial charge in [0.15, 0.2) is 5.65 Å². The van der Waals surface area contributed by atoms with Crippen LogP contribution in [-0.2, 0) is 0 Å². The molecule has 0 aliphatic carbocycles. The number of amides is 2. The SMILES string of the molecule is NC(=O)N1CCC(CNc2cc(-c3ccccc3N)nc3c(Br)cnn23)CC1. The Morgan fingerprint density at radius 3 is 2.75 bits per heavy atom. The molecule has 4 rings (SSSR count). The van der Waals surface area contributed by atoms with E-state index < -0.39 is 0 Å². The summed E-state index contributed by atoms with van der Waals surface area (Å²) in [5, 5.41) is 7.93. The van der Waals surface area contributed by atoms with Crippen LogP contribution in [0.1, 0.15) is 12.8 Å². The number of halogens is 1. The first-order chi connectivity index (χ1) is 13.5. The largest absolute Gasteiger partial charge is 0.398 e. The lowest BCUT2D eigenvalue weighted by molar-refractivity contribution is 0.181. The van der Waals surface area contributed by atoms with Gasteiger partial charge in [-0.1, -0.05) is 18.2 Å². The number of aromatic nitrogens is 3. The second-order valence-electron chi connectivity index (χ2n) is 6.99. The molecule has 0 radical (unpaired) electrons. The molecule has 0 bridgehead atoms. The van der Waals surface area contributed by atoms with Crippen LogP contribution < -0.4 is 16.8 Å². The summed E-state index contributed by atoms with van der Waals surface area (Å²) in [6.07, 6.45) is 3.58. The molecular formula is C19H22BrN7O. The van der Waals surface area contributed by atoms with Crippen molar-refractivity contribution in [1.82, 2.24) is 19.5 Å². The average molecular weight is 444 g/mol. The number of nitrogens with zero attached hydrogens (tertiary/aromatic N) is 4. The topological polar surface area (TPSA) is 115 Å². The third kappa shape index (κ3) is 3.62. The quantitative estimate of drug-likeness (QED) is 0.536. The lowest BCUT2D eigenvalue weighted by Crippen LogP contribution is -2.42. The number of rotatable bonds is 4. The maximum atomic E-state index is 11.3. The maximum absolute atomic E-state index is 11.3. The first kappa shape index (κ1) is 18.5. The second-order valence-corrected chi connectivity index (χ2v) is 7.85. The number of fused-ring (bicyclic) bond motifs is 1. The van der Waals surface area contributed by atoms with Crippen molar-refractivity contribution in [3.05, 3.63) is 41.0 Å². The number of nitrogen functional groups attached to an aromatic ring is 1.